The van der Waals surface area contributed by atoms with Crippen LogP contribution < -0.4 is 5.73 Å². The Hall–Kier alpha value is -1.70. The van der Waals surface area contributed by atoms with Crippen molar-refractivity contribution in [2.24, 2.45) is 11.1 Å². The molecule has 0 radical (unpaired) electrons. The van der Waals surface area contributed by atoms with Crippen molar-refractivity contribution in [1.82, 2.24) is 0 Å². The Bertz CT molecular complexity index is 941. The maximum absolute atomic E-state index is 13.4. The van der Waals surface area contributed by atoms with E-state index in [-0.39, 0.29) is 18.0 Å². The van der Waals surface area contributed by atoms with Crippen molar-refractivity contribution in [3.8, 4) is 0 Å². The van der Waals surface area contributed by atoms with Crippen LogP contribution in [0.4, 0.5) is 0 Å². The Morgan fingerprint density at radius 2 is 1.74 bits per heavy atom. The Balaban J connectivity index is 2.10. The van der Waals surface area contributed by atoms with Gasteiger partial charge in [-0.05, 0) is 43.7 Å². The van der Waals surface area contributed by atoms with Crippen molar-refractivity contribution >= 4 is 31.7 Å². The maximum atomic E-state index is 13.4. The highest BCUT2D eigenvalue weighted by molar-refractivity contribution is 9.10. The van der Waals surface area contributed by atoms with Gasteiger partial charge in [-0.15, -0.1) is 0 Å². The molecule has 0 aliphatic heterocycles. The van der Waals surface area contributed by atoms with Gasteiger partial charge < -0.3 is 10.5 Å². The topological polar surface area (TPSA) is 86.5 Å². The summed E-state index contributed by atoms with van der Waals surface area (Å²) in [6, 6.07) is 14.0. The maximum Gasteiger partial charge on any atom is 0.315 e. The van der Waals surface area contributed by atoms with Crippen molar-refractivity contribution in [2.45, 2.75) is 29.9 Å². The molecular formula is C20H22BrNO4S. The van der Waals surface area contributed by atoms with Crippen LogP contribution in [0.2, 0.25) is 0 Å². The van der Waals surface area contributed by atoms with E-state index in [2.05, 4.69) is 15.9 Å². The summed E-state index contributed by atoms with van der Waals surface area (Å²) in [5.74, 6) is -1.10. The van der Waals surface area contributed by atoms with Crippen molar-refractivity contribution in [1.29, 1.82) is 0 Å². The lowest BCUT2D eigenvalue weighted by molar-refractivity contribution is -0.149. The number of ether oxygens (including phenoxy) is 1. The van der Waals surface area contributed by atoms with Crippen molar-refractivity contribution in [3.05, 3.63) is 64.1 Å². The van der Waals surface area contributed by atoms with E-state index in [1.807, 2.05) is 31.2 Å². The molecule has 2 aromatic rings. The standard InChI is InChI=1S/C20H22BrNO4S/c1-3-26-19(23)20(12-22)17(14-6-8-15(21)9-7-14)18(20)27(24,25)16-10-4-13(2)5-11-16/h4-11,17-18H,3,12,22H2,1-2H3/t17-,18-,20-/m1/s1. The summed E-state index contributed by atoms with van der Waals surface area (Å²) in [4.78, 5) is 13.0. The van der Waals surface area contributed by atoms with Gasteiger partial charge in [-0.2, -0.15) is 0 Å². The third kappa shape index (κ3) is 3.32. The molecule has 0 aromatic heterocycles. The molecule has 0 amide bonds. The summed E-state index contributed by atoms with van der Waals surface area (Å²) in [5, 5.41) is -0.946. The largest absolute Gasteiger partial charge is 0.465 e. The molecular weight excluding hydrogens is 430 g/mol. The van der Waals surface area contributed by atoms with E-state index in [9.17, 15) is 13.2 Å². The minimum absolute atomic E-state index is 0.0949. The summed E-state index contributed by atoms with van der Waals surface area (Å²) >= 11 is 3.38. The molecule has 1 fully saturated rings. The van der Waals surface area contributed by atoms with Gasteiger partial charge in [0.25, 0.3) is 0 Å². The van der Waals surface area contributed by atoms with Gasteiger partial charge in [0.05, 0.1) is 16.8 Å². The van der Waals surface area contributed by atoms with Gasteiger partial charge in [-0.1, -0.05) is 45.8 Å². The number of carbonyl (C=O) groups excluding carboxylic acids is 1. The SMILES string of the molecule is CCOC(=O)[C@]1(CN)[C@H](c2ccc(Br)cc2)[C@H]1S(=O)(=O)c1ccc(C)cc1. The Morgan fingerprint density at radius 1 is 1.15 bits per heavy atom. The predicted octanol–water partition coefficient (Wildman–Crippen LogP) is 3.21. The number of rotatable bonds is 6. The minimum atomic E-state index is -3.77. The Kier molecular flexibility index (Phi) is 5.47. The first-order chi connectivity index (χ1) is 12.8. The van der Waals surface area contributed by atoms with Crippen LogP contribution in [0.15, 0.2) is 57.9 Å². The van der Waals surface area contributed by atoms with Crippen LogP contribution in [-0.4, -0.2) is 32.8 Å². The average Bonchev–Trinajstić information content (AvgIpc) is 3.34. The second kappa shape index (κ2) is 7.37. The average molecular weight is 452 g/mol. The number of aryl methyl sites for hydroxylation is 1. The first kappa shape index (κ1) is 20.0. The number of esters is 1. The number of halogens is 1. The molecule has 0 bridgehead atoms. The summed E-state index contributed by atoms with van der Waals surface area (Å²) in [6.45, 7) is 3.66. The summed E-state index contributed by atoms with van der Waals surface area (Å²) in [7, 11) is -3.77. The lowest BCUT2D eigenvalue weighted by atomic mass is 9.99. The van der Waals surface area contributed by atoms with Gasteiger partial charge in [-0.3, -0.25) is 4.79 Å². The molecule has 2 aromatic carbocycles. The van der Waals surface area contributed by atoms with E-state index < -0.39 is 32.4 Å². The van der Waals surface area contributed by atoms with E-state index in [1.165, 1.54) is 0 Å². The first-order valence-corrected chi connectivity index (χ1v) is 11.1. The molecule has 27 heavy (non-hydrogen) atoms. The number of hydrogen-bond acceptors (Lipinski definition) is 5. The molecule has 1 saturated carbocycles. The molecule has 3 atom stereocenters. The molecule has 3 rings (SSSR count). The van der Waals surface area contributed by atoms with Crippen LogP contribution in [0.3, 0.4) is 0 Å². The summed E-state index contributed by atoms with van der Waals surface area (Å²) in [6.07, 6.45) is 0. The molecule has 0 spiro atoms. The molecule has 7 heteroatoms. The van der Waals surface area contributed by atoms with Gasteiger partial charge in [0.1, 0.15) is 5.41 Å². The van der Waals surface area contributed by atoms with Gasteiger partial charge in [0.15, 0.2) is 9.84 Å². The number of benzene rings is 2. The lowest BCUT2D eigenvalue weighted by Crippen LogP contribution is -2.33. The molecule has 144 valence electrons. The molecule has 0 heterocycles. The van der Waals surface area contributed by atoms with Crippen LogP contribution in [0, 0.1) is 12.3 Å². The van der Waals surface area contributed by atoms with Gasteiger partial charge >= 0.3 is 5.97 Å². The van der Waals surface area contributed by atoms with Crippen LogP contribution >= 0.6 is 15.9 Å². The number of carbonyl (C=O) groups is 1. The fourth-order valence-electron chi connectivity index (χ4n) is 3.71. The normalized spacial score (nSPS) is 24.4. The van der Waals surface area contributed by atoms with Crippen molar-refractivity contribution in [2.75, 3.05) is 13.2 Å². The van der Waals surface area contributed by atoms with E-state index >= 15 is 0 Å². The van der Waals surface area contributed by atoms with Crippen molar-refractivity contribution < 1.29 is 17.9 Å². The quantitative estimate of drug-likeness (QED) is 0.681. The lowest BCUT2D eigenvalue weighted by Gasteiger charge is -2.14. The predicted molar refractivity (Wildman–Crippen MR) is 107 cm³/mol. The highest BCUT2D eigenvalue weighted by atomic mass is 79.9. The van der Waals surface area contributed by atoms with Gasteiger partial charge in [0, 0.05) is 16.9 Å². The number of hydrogen-bond donors (Lipinski definition) is 1. The van der Waals surface area contributed by atoms with E-state index in [0.717, 1.165) is 15.6 Å². The van der Waals surface area contributed by atoms with E-state index in [1.54, 1.807) is 31.2 Å². The second-order valence-electron chi connectivity index (χ2n) is 6.77. The monoisotopic (exact) mass is 451 g/mol. The Morgan fingerprint density at radius 3 is 2.26 bits per heavy atom. The minimum Gasteiger partial charge on any atom is -0.465 e. The zero-order valence-corrected chi connectivity index (χ0v) is 17.6. The van der Waals surface area contributed by atoms with Crippen LogP contribution in [-0.2, 0) is 19.4 Å². The van der Waals surface area contributed by atoms with E-state index in [4.69, 9.17) is 10.5 Å². The number of nitrogens with two attached hydrogens (primary N) is 1. The van der Waals surface area contributed by atoms with Crippen LogP contribution in [0.5, 0.6) is 0 Å². The summed E-state index contributed by atoms with van der Waals surface area (Å²) in [5.41, 5.74) is 6.43. The van der Waals surface area contributed by atoms with Gasteiger partial charge in [0.2, 0.25) is 0 Å². The third-order valence-electron chi connectivity index (χ3n) is 5.16. The molecule has 0 unspecified atom stereocenters. The second-order valence-corrected chi connectivity index (χ2v) is 9.76. The molecule has 0 saturated heterocycles. The molecule has 5 nitrogen and oxygen atoms in total. The fourth-order valence-corrected chi connectivity index (χ4v) is 6.36. The molecule has 2 N–H and O–H groups in total. The zero-order valence-electron chi connectivity index (χ0n) is 15.2. The number of sulfone groups is 1. The van der Waals surface area contributed by atoms with Crippen LogP contribution in [0.25, 0.3) is 0 Å². The van der Waals surface area contributed by atoms with E-state index in [0.29, 0.717) is 0 Å². The smallest absolute Gasteiger partial charge is 0.315 e. The first-order valence-electron chi connectivity index (χ1n) is 8.72. The summed E-state index contributed by atoms with van der Waals surface area (Å²) < 4.78 is 32.8. The highest BCUT2D eigenvalue weighted by Gasteiger charge is 2.75. The van der Waals surface area contributed by atoms with Gasteiger partial charge in [-0.25, -0.2) is 8.42 Å². The highest BCUT2D eigenvalue weighted by Crippen LogP contribution is 2.64. The van der Waals surface area contributed by atoms with Crippen molar-refractivity contribution in [3.63, 3.8) is 0 Å². The van der Waals surface area contributed by atoms with Crippen LogP contribution in [0.1, 0.15) is 24.0 Å². The Labute approximate surface area is 168 Å². The zero-order chi connectivity index (χ0) is 19.8. The fraction of sp³-hybridized carbons (Fsp3) is 0.350. The molecule has 1 aliphatic rings. The third-order valence-corrected chi connectivity index (χ3v) is 7.98. The molecule has 1 aliphatic carbocycles.